The Bertz CT molecular complexity index is 730. The average molecular weight is 304 g/mol. The topological polar surface area (TPSA) is 65.7 Å². The molecular weight excluding hydrogens is 291 g/mol. The number of hydrogen-bond acceptors (Lipinski definition) is 5. The van der Waals surface area contributed by atoms with Crippen LogP contribution in [-0.2, 0) is 4.74 Å². The molecule has 0 N–H and O–H groups in total. The van der Waals surface area contributed by atoms with Gasteiger partial charge in [0.15, 0.2) is 5.78 Å². The molecule has 0 spiro atoms. The Morgan fingerprint density at radius 3 is 2.64 bits per heavy atom. The highest BCUT2D eigenvalue weighted by molar-refractivity contribution is 6.08. The van der Waals surface area contributed by atoms with Crippen molar-refractivity contribution in [3.8, 4) is 5.75 Å². The number of carbonyl (C=O) groups excluding carboxylic acids is 2. The molecule has 2 aromatic rings. The fourth-order valence-corrected chi connectivity index (χ4v) is 1.81. The number of hydrogen-bond donors (Lipinski definition) is 0. The summed E-state index contributed by atoms with van der Waals surface area (Å²) in [4.78, 5) is 23.3. The molecule has 5 nitrogen and oxygen atoms in total. The third kappa shape index (κ3) is 3.22. The van der Waals surface area contributed by atoms with Crippen molar-refractivity contribution in [3.63, 3.8) is 0 Å². The zero-order valence-electron chi connectivity index (χ0n) is 12.0. The van der Waals surface area contributed by atoms with E-state index in [0.717, 1.165) is 6.08 Å². The molecule has 1 aromatic carbocycles. The van der Waals surface area contributed by atoms with Gasteiger partial charge in [-0.15, -0.1) is 0 Å². The maximum atomic E-state index is 13.7. The Labute approximate surface area is 125 Å². The second kappa shape index (κ2) is 6.71. The van der Waals surface area contributed by atoms with Crippen molar-refractivity contribution in [2.45, 2.75) is 0 Å². The van der Waals surface area contributed by atoms with Gasteiger partial charge in [-0.2, -0.15) is 0 Å². The summed E-state index contributed by atoms with van der Waals surface area (Å²) in [6.45, 7) is 0. The third-order valence-electron chi connectivity index (χ3n) is 2.85. The van der Waals surface area contributed by atoms with Crippen LogP contribution >= 0.6 is 0 Å². The zero-order valence-corrected chi connectivity index (χ0v) is 12.0. The fourth-order valence-electron chi connectivity index (χ4n) is 1.81. The van der Waals surface area contributed by atoms with Crippen LogP contribution in [0.25, 0.3) is 6.08 Å². The Hall–Kier alpha value is -2.89. The fraction of sp³-hybridized carbons (Fsp3) is 0.125. The van der Waals surface area contributed by atoms with Crippen molar-refractivity contribution in [3.05, 3.63) is 59.3 Å². The van der Waals surface area contributed by atoms with Crippen molar-refractivity contribution in [1.29, 1.82) is 0 Å². The predicted molar refractivity (Wildman–Crippen MR) is 76.4 cm³/mol. The first-order valence-electron chi connectivity index (χ1n) is 6.30. The lowest BCUT2D eigenvalue weighted by Gasteiger charge is -2.05. The van der Waals surface area contributed by atoms with E-state index in [4.69, 9.17) is 9.15 Å². The number of carbonyl (C=O) groups is 2. The molecule has 0 aliphatic rings. The van der Waals surface area contributed by atoms with Crippen LogP contribution in [-0.4, -0.2) is 26.0 Å². The Balaban J connectivity index is 2.22. The van der Waals surface area contributed by atoms with Crippen LogP contribution in [0.5, 0.6) is 5.75 Å². The molecular formula is C16H13FO5. The monoisotopic (exact) mass is 304 g/mol. The first-order valence-corrected chi connectivity index (χ1v) is 6.30. The number of rotatable bonds is 5. The van der Waals surface area contributed by atoms with Gasteiger partial charge in [-0.25, -0.2) is 9.18 Å². The largest absolute Gasteiger partial charge is 0.496 e. The van der Waals surface area contributed by atoms with Gasteiger partial charge in [0.2, 0.25) is 5.76 Å². The van der Waals surface area contributed by atoms with E-state index in [-0.39, 0.29) is 22.8 Å². The molecule has 1 aromatic heterocycles. The smallest absolute Gasteiger partial charge is 0.373 e. The van der Waals surface area contributed by atoms with Gasteiger partial charge in [-0.1, -0.05) is 6.07 Å². The normalized spacial score (nSPS) is 10.7. The van der Waals surface area contributed by atoms with Gasteiger partial charge >= 0.3 is 5.97 Å². The van der Waals surface area contributed by atoms with Crippen molar-refractivity contribution >= 4 is 17.8 Å². The maximum absolute atomic E-state index is 13.7. The molecule has 0 aliphatic carbocycles. The summed E-state index contributed by atoms with van der Waals surface area (Å²) in [5, 5.41) is 0. The van der Waals surface area contributed by atoms with Gasteiger partial charge < -0.3 is 13.9 Å². The average Bonchev–Trinajstić information content (AvgIpc) is 3.00. The van der Waals surface area contributed by atoms with Gasteiger partial charge in [0.1, 0.15) is 17.3 Å². The molecule has 0 radical (unpaired) electrons. The van der Waals surface area contributed by atoms with Gasteiger partial charge in [-0.3, -0.25) is 4.79 Å². The standard InChI is InChI=1S/C16H13FO5/c1-20-13-5-3-4-11(17)15(13)12(18)8-6-10-7-9-14(22-10)16(19)21-2/h3-9H,1-2H3. The zero-order chi connectivity index (χ0) is 16.1. The van der Waals surface area contributed by atoms with Gasteiger partial charge in [0.05, 0.1) is 19.8 Å². The van der Waals surface area contributed by atoms with Gasteiger partial charge in [0.25, 0.3) is 0 Å². The Morgan fingerprint density at radius 2 is 1.95 bits per heavy atom. The first-order chi connectivity index (χ1) is 10.6. The molecule has 0 fully saturated rings. The summed E-state index contributed by atoms with van der Waals surface area (Å²) in [5.74, 6) is -1.46. The molecule has 0 atom stereocenters. The lowest BCUT2D eigenvalue weighted by atomic mass is 10.1. The number of ketones is 1. The molecule has 2 rings (SSSR count). The van der Waals surface area contributed by atoms with Crippen LogP contribution in [0, 0.1) is 5.82 Å². The van der Waals surface area contributed by atoms with Crippen molar-refractivity contribution in [2.24, 2.45) is 0 Å². The molecule has 6 heteroatoms. The van der Waals surface area contributed by atoms with Crippen molar-refractivity contribution in [1.82, 2.24) is 0 Å². The van der Waals surface area contributed by atoms with Crippen molar-refractivity contribution in [2.75, 3.05) is 14.2 Å². The van der Waals surface area contributed by atoms with Crippen molar-refractivity contribution < 1.29 is 27.9 Å². The van der Waals surface area contributed by atoms with E-state index in [1.165, 1.54) is 50.6 Å². The lowest BCUT2D eigenvalue weighted by Crippen LogP contribution is -2.02. The Morgan fingerprint density at radius 1 is 1.18 bits per heavy atom. The van der Waals surface area contributed by atoms with Crippen LogP contribution in [0.2, 0.25) is 0 Å². The van der Waals surface area contributed by atoms with Crippen LogP contribution < -0.4 is 4.74 Å². The SMILES string of the molecule is COC(=O)c1ccc(C=CC(=O)c2c(F)cccc2OC)o1. The highest BCUT2D eigenvalue weighted by Gasteiger charge is 2.15. The predicted octanol–water partition coefficient (Wildman–Crippen LogP) is 3.11. The van der Waals surface area contributed by atoms with E-state index < -0.39 is 17.6 Å². The van der Waals surface area contributed by atoms with Crippen LogP contribution in [0.15, 0.2) is 40.8 Å². The maximum Gasteiger partial charge on any atom is 0.373 e. The molecule has 1 heterocycles. The van der Waals surface area contributed by atoms with E-state index in [1.54, 1.807) is 0 Å². The third-order valence-corrected chi connectivity index (χ3v) is 2.85. The summed E-state index contributed by atoms with van der Waals surface area (Å²) in [7, 11) is 2.58. The number of methoxy groups -OCH3 is 2. The highest BCUT2D eigenvalue weighted by atomic mass is 19.1. The van der Waals surface area contributed by atoms with E-state index in [0.29, 0.717) is 0 Å². The van der Waals surface area contributed by atoms with E-state index in [1.807, 2.05) is 0 Å². The summed E-state index contributed by atoms with van der Waals surface area (Å²) in [6, 6.07) is 7.02. The quantitative estimate of drug-likeness (QED) is 0.482. The molecule has 0 amide bonds. The van der Waals surface area contributed by atoms with Crippen LogP contribution in [0.1, 0.15) is 26.7 Å². The molecule has 114 valence electrons. The van der Waals surface area contributed by atoms with E-state index >= 15 is 0 Å². The molecule has 0 aliphatic heterocycles. The number of furan rings is 1. The molecule has 0 bridgehead atoms. The molecule has 0 saturated carbocycles. The number of ether oxygens (including phenoxy) is 2. The molecule has 22 heavy (non-hydrogen) atoms. The minimum absolute atomic E-state index is 0.0121. The minimum Gasteiger partial charge on any atom is -0.496 e. The summed E-state index contributed by atoms with van der Waals surface area (Å²) in [6.07, 6.45) is 2.47. The summed E-state index contributed by atoms with van der Waals surface area (Å²) < 4.78 is 28.4. The van der Waals surface area contributed by atoms with Gasteiger partial charge in [0, 0.05) is 0 Å². The van der Waals surface area contributed by atoms with Crippen LogP contribution in [0.3, 0.4) is 0 Å². The van der Waals surface area contributed by atoms with Gasteiger partial charge in [-0.05, 0) is 36.4 Å². The number of esters is 1. The number of halogens is 1. The second-order valence-corrected chi connectivity index (χ2v) is 4.21. The van der Waals surface area contributed by atoms with E-state index in [9.17, 15) is 14.0 Å². The molecule has 0 unspecified atom stereocenters. The number of allylic oxidation sites excluding steroid dienone is 1. The first kappa shape index (κ1) is 15.5. The van der Waals surface area contributed by atoms with E-state index in [2.05, 4.69) is 4.74 Å². The lowest BCUT2D eigenvalue weighted by molar-refractivity contribution is 0.0564. The minimum atomic E-state index is -0.677. The summed E-state index contributed by atoms with van der Waals surface area (Å²) >= 11 is 0. The number of benzene rings is 1. The Kier molecular flexibility index (Phi) is 4.73. The summed E-state index contributed by atoms with van der Waals surface area (Å²) in [5.41, 5.74) is -0.166. The second-order valence-electron chi connectivity index (χ2n) is 4.21. The highest BCUT2D eigenvalue weighted by Crippen LogP contribution is 2.22. The van der Waals surface area contributed by atoms with Crippen LogP contribution in [0.4, 0.5) is 4.39 Å². The molecule has 0 saturated heterocycles.